The minimum Gasteiger partial charge on any atom is -0.340 e. The van der Waals surface area contributed by atoms with E-state index < -0.39 is 0 Å². The first kappa shape index (κ1) is 21.0. The first-order valence-electron chi connectivity index (χ1n) is 7.83. The van der Waals surface area contributed by atoms with Crippen molar-refractivity contribution in [1.82, 2.24) is 9.80 Å². The van der Waals surface area contributed by atoms with Crippen molar-refractivity contribution in [3.05, 3.63) is 0 Å². The molecule has 0 aromatic heterocycles. The summed E-state index contributed by atoms with van der Waals surface area (Å²) < 4.78 is 0. The van der Waals surface area contributed by atoms with E-state index in [2.05, 4.69) is 23.6 Å². The lowest BCUT2D eigenvalue weighted by atomic mass is 9.85. The first-order valence-corrected chi connectivity index (χ1v) is 7.83. The molecule has 21 heavy (non-hydrogen) atoms. The molecular formula is C15H31Cl2N3O. The maximum absolute atomic E-state index is 12.5. The van der Waals surface area contributed by atoms with Crippen LogP contribution in [-0.2, 0) is 4.79 Å². The lowest BCUT2D eigenvalue weighted by molar-refractivity contribution is -0.138. The summed E-state index contributed by atoms with van der Waals surface area (Å²) in [6.45, 7) is 9.51. The second-order valence-electron chi connectivity index (χ2n) is 6.64. The van der Waals surface area contributed by atoms with Gasteiger partial charge in [-0.3, -0.25) is 9.69 Å². The lowest BCUT2D eigenvalue weighted by Crippen LogP contribution is -2.51. The largest absolute Gasteiger partial charge is 0.340 e. The van der Waals surface area contributed by atoms with Gasteiger partial charge in [-0.05, 0) is 25.2 Å². The number of amides is 1. The number of hydrogen-bond donors (Lipinski definition) is 1. The molecule has 0 radical (unpaired) electrons. The molecule has 0 aromatic rings. The summed E-state index contributed by atoms with van der Waals surface area (Å²) in [6.07, 6.45) is 4.14. The normalized spacial score (nSPS) is 27.0. The van der Waals surface area contributed by atoms with Gasteiger partial charge in [0.1, 0.15) is 0 Å². The molecule has 2 fully saturated rings. The molecule has 0 spiro atoms. The van der Waals surface area contributed by atoms with E-state index in [4.69, 9.17) is 5.73 Å². The van der Waals surface area contributed by atoms with E-state index in [9.17, 15) is 4.79 Å². The lowest BCUT2D eigenvalue weighted by Gasteiger charge is -2.38. The van der Waals surface area contributed by atoms with E-state index in [0.717, 1.165) is 58.4 Å². The Bertz CT molecular complexity index is 307. The van der Waals surface area contributed by atoms with E-state index in [1.165, 1.54) is 0 Å². The smallest absolute Gasteiger partial charge is 0.225 e. The zero-order valence-electron chi connectivity index (χ0n) is 13.3. The molecule has 1 aliphatic carbocycles. The second-order valence-corrected chi connectivity index (χ2v) is 6.64. The van der Waals surface area contributed by atoms with Gasteiger partial charge in [-0.25, -0.2) is 0 Å². The molecule has 1 heterocycles. The van der Waals surface area contributed by atoms with Crippen molar-refractivity contribution in [3.63, 3.8) is 0 Å². The molecule has 2 unspecified atom stereocenters. The van der Waals surface area contributed by atoms with E-state index in [1.807, 2.05) is 0 Å². The van der Waals surface area contributed by atoms with Gasteiger partial charge in [0.05, 0.1) is 0 Å². The number of nitrogens with two attached hydrogens (primary N) is 1. The molecule has 0 bridgehead atoms. The van der Waals surface area contributed by atoms with E-state index in [-0.39, 0.29) is 36.8 Å². The molecule has 6 heteroatoms. The second kappa shape index (κ2) is 9.88. The fourth-order valence-electron chi connectivity index (χ4n) is 3.38. The number of carbonyl (C=O) groups is 1. The van der Waals surface area contributed by atoms with Gasteiger partial charge in [0.2, 0.25) is 5.91 Å². The van der Waals surface area contributed by atoms with Crippen LogP contribution >= 0.6 is 24.8 Å². The number of hydrogen-bond acceptors (Lipinski definition) is 3. The van der Waals surface area contributed by atoms with Gasteiger partial charge in [-0.1, -0.05) is 20.3 Å². The van der Waals surface area contributed by atoms with Gasteiger partial charge in [0.25, 0.3) is 0 Å². The third-order valence-corrected chi connectivity index (χ3v) is 4.37. The summed E-state index contributed by atoms with van der Waals surface area (Å²) in [5, 5.41) is 0. The van der Waals surface area contributed by atoms with Crippen LogP contribution in [0.4, 0.5) is 0 Å². The summed E-state index contributed by atoms with van der Waals surface area (Å²) in [5.41, 5.74) is 5.99. The van der Waals surface area contributed by atoms with Crippen LogP contribution in [0, 0.1) is 11.8 Å². The molecular weight excluding hydrogens is 309 g/mol. The van der Waals surface area contributed by atoms with E-state index in [1.54, 1.807) is 0 Å². The molecule has 2 aliphatic rings. The van der Waals surface area contributed by atoms with Gasteiger partial charge >= 0.3 is 0 Å². The minimum absolute atomic E-state index is 0. The number of rotatable bonds is 3. The third-order valence-electron chi connectivity index (χ3n) is 4.37. The highest BCUT2D eigenvalue weighted by atomic mass is 35.5. The van der Waals surface area contributed by atoms with Crippen LogP contribution in [0.5, 0.6) is 0 Å². The zero-order chi connectivity index (χ0) is 13.8. The van der Waals surface area contributed by atoms with Crippen molar-refractivity contribution in [2.45, 2.75) is 45.6 Å². The molecule has 2 atom stereocenters. The Morgan fingerprint density at radius 1 is 1.14 bits per heavy atom. The molecule has 126 valence electrons. The average molecular weight is 340 g/mol. The number of piperazine rings is 1. The highest BCUT2D eigenvalue weighted by molar-refractivity contribution is 5.85. The first-order chi connectivity index (χ1) is 9.06. The van der Waals surface area contributed by atoms with Crippen LogP contribution in [0.15, 0.2) is 0 Å². The Kier molecular flexibility index (Phi) is 9.87. The van der Waals surface area contributed by atoms with Gasteiger partial charge < -0.3 is 10.6 Å². The number of halogens is 2. The molecule has 1 amide bonds. The minimum atomic E-state index is 0. The summed E-state index contributed by atoms with van der Waals surface area (Å²) in [6, 6.07) is 0.241. The maximum Gasteiger partial charge on any atom is 0.225 e. The Balaban J connectivity index is 0.00000200. The maximum atomic E-state index is 12.5. The quantitative estimate of drug-likeness (QED) is 0.856. The number of carbonyl (C=O) groups excluding carboxylic acids is 1. The predicted octanol–water partition coefficient (Wildman–Crippen LogP) is 2.15. The Labute approximate surface area is 141 Å². The van der Waals surface area contributed by atoms with Crippen molar-refractivity contribution in [2.75, 3.05) is 32.7 Å². The molecule has 1 saturated heterocycles. The Hall–Kier alpha value is -0.0300. The molecule has 2 rings (SSSR count). The molecule has 1 saturated carbocycles. The van der Waals surface area contributed by atoms with Gasteiger partial charge in [0.15, 0.2) is 0 Å². The zero-order valence-corrected chi connectivity index (χ0v) is 14.9. The van der Waals surface area contributed by atoms with Crippen LogP contribution in [-0.4, -0.2) is 54.5 Å². The fourth-order valence-corrected chi connectivity index (χ4v) is 3.38. The van der Waals surface area contributed by atoms with Crippen LogP contribution < -0.4 is 5.73 Å². The van der Waals surface area contributed by atoms with Crippen molar-refractivity contribution in [2.24, 2.45) is 17.6 Å². The molecule has 4 nitrogen and oxygen atoms in total. The van der Waals surface area contributed by atoms with E-state index in [0.29, 0.717) is 11.8 Å². The summed E-state index contributed by atoms with van der Waals surface area (Å²) in [4.78, 5) is 17.0. The van der Waals surface area contributed by atoms with Gasteiger partial charge in [0, 0.05) is 44.7 Å². The van der Waals surface area contributed by atoms with Gasteiger partial charge in [-0.2, -0.15) is 0 Å². The number of nitrogens with zero attached hydrogens (tertiary/aromatic N) is 2. The topological polar surface area (TPSA) is 49.6 Å². The highest BCUT2D eigenvalue weighted by Gasteiger charge is 2.30. The predicted molar refractivity (Wildman–Crippen MR) is 92.3 cm³/mol. The fraction of sp³-hybridized carbons (Fsp3) is 0.933. The van der Waals surface area contributed by atoms with Crippen molar-refractivity contribution in [3.8, 4) is 0 Å². The molecule has 2 N–H and O–H groups in total. The summed E-state index contributed by atoms with van der Waals surface area (Å²) in [5.74, 6) is 1.26. The Morgan fingerprint density at radius 2 is 1.76 bits per heavy atom. The SMILES string of the molecule is CC(C)CN1CCN(C(=O)C2CCCC(N)C2)CC1.Cl.Cl. The Morgan fingerprint density at radius 3 is 2.29 bits per heavy atom. The molecule has 1 aliphatic heterocycles. The highest BCUT2D eigenvalue weighted by Crippen LogP contribution is 2.25. The third kappa shape index (κ3) is 6.31. The monoisotopic (exact) mass is 339 g/mol. The van der Waals surface area contributed by atoms with Crippen molar-refractivity contribution < 1.29 is 4.79 Å². The van der Waals surface area contributed by atoms with E-state index >= 15 is 0 Å². The summed E-state index contributed by atoms with van der Waals surface area (Å²) >= 11 is 0. The van der Waals surface area contributed by atoms with Gasteiger partial charge in [-0.15, -0.1) is 24.8 Å². The van der Waals surface area contributed by atoms with Crippen LogP contribution in [0.1, 0.15) is 39.5 Å². The van der Waals surface area contributed by atoms with Crippen molar-refractivity contribution >= 4 is 30.7 Å². The van der Waals surface area contributed by atoms with Crippen molar-refractivity contribution in [1.29, 1.82) is 0 Å². The van der Waals surface area contributed by atoms with Crippen LogP contribution in [0.25, 0.3) is 0 Å². The molecule has 0 aromatic carbocycles. The van der Waals surface area contributed by atoms with Crippen LogP contribution in [0.2, 0.25) is 0 Å². The standard InChI is InChI=1S/C15H29N3O.2ClH/c1-12(2)11-17-6-8-18(9-7-17)15(19)13-4-3-5-14(16)10-13;;/h12-14H,3-11,16H2,1-2H3;2*1H. The summed E-state index contributed by atoms with van der Waals surface area (Å²) in [7, 11) is 0. The van der Waals surface area contributed by atoms with Crippen LogP contribution in [0.3, 0.4) is 0 Å². The average Bonchev–Trinajstić information content (AvgIpc) is 2.38.